The van der Waals surface area contributed by atoms with Crippen LogP contribution in [0.1, 0.15) is 22.6 Å². The minimum Gasteiger partial charge on any atom is -0.382 e. The van der Waals surface area contributed by atoms with Crippen LogP contribution in [0.4, 0.5) is 13.2 Å². The number of benzene rings is 2. The highest BCUT2D eigenvalue weighted by Crippen LogP contribution is 2.24. The first kappa shape index (κ1) is 28.5. The number of alkyl halides is 3. The number of para-hydroxylation sites is 1. The number of nitrogens with zero attached hydrogens (tertiary/aromatic N) is 7. The van der Waals surface area contributed by atoms with E-state index >= 15 is 0 Å². The summed E-state index contributed by atoms with van der Waals surface area (Å²) in [4.78, 5) is 32.4. The van der Waals surface area contributed by atoms with Gasteiger partial charge in [-0.1, -0.05) is 23.7 Å². The Labute approximate surface area is 236 Å². The summed E-state index contributed by atoms with van der Waals surface area (Å²) in [7, 11) is 0. The molecule has 1 N–H and O–H groups in total. The predicted octanol–water partition coefficient (Wildman–Crippen LogP) is 2.78. The second-order valence-electron chi connectivity index (χ2n) is 9.32. The van der Waals surface area contributed by atoms with Gasteiger partial charge in [0.15, 0.2) is 17.8 Å². The standard InChI is InChI=1S/C26H25ClF3N7O4/c27-18-8-6-17(7-9-18)23-33-36(25(40)35(23)14-21(38)26(28,29)30)15-22-31-16-37(32-22)20-5-2-1-4-19(20)24(39)34-10-3-12-41-13-11-34/h1-2,4-9,16,21,38H,3,10-15H2. The summed E-state index contributed by atoms with van der Waals surface area (Å²) in [6.07, 6.45) is -5.63. The third kappa shape index (κ3) is 6.34. The molecule has 2 aromatic heterocycles. The van der Waals surface area contributed by atoms with Crippen LogP contribution in [0.2, 0.25) is 5.02 Å². The van der Waals surface area contributed by atoms with Crippen LogP contribution in [0.5, 0.6) is 0 Å². The molecule has 0 aliphatic carbocycles. The molecule has 11 nitrogen and oxygen atoms in total. The maximum Gasteiger partial charge on any atom is 0.416 e. The van der Waals surface area contributed by atoms with Gasteiger partial charge in [-0.15, -0.1) is 10.2 Å². The molecule has 2 aromatic carbocycles. The molecule has 1 atom stereocenters. The molecule has 216 valence electrons. The van der Waals surface area contributed by atoms with E-state index in [1.807, 2.05) is 0 Å². The Morgan fingerprint density at radius 1 is 1.07 bits per heavy atom. The van der Waals surface area contributed by atoms with Crippen LogP contribution >= 0.6 is 11.6 Å². The van der Waals surface area contributed by atoms with Gasteiger partial charge in [0.1, 0.15) is 12.9 Å². The van der Waals surface area contributed by atoms with Gasteiger partial charge in [0, 0.05) is 30.3 Å². The summed E-state index contributed by atoms with van der Waals surface area (Å²) >= 11 is 5.93. The van der Waals surface area contributed by atoms with Crippen molar-refractivity contribution < 1.29 is 27.8 Å². The van der Waals surface area contributed by atoms with E-state index in [1.165, 1.54) is 35.3 Å². The largest absolute Gasteiger partial charge is 0.416 e. The molecule has 3 heterocycles. The first-order valence-corrected chi connectivity index (χ1v) is 13.0. The molecule has 0 bridgehead atoms. The average Bonchev–Trinajstić information content (AvgIpc) is 3.41. The SMILES string of the molecule is O=C(c1ccccc1-n1cnc(Cn2nc(-c3ccc(Cl)cc3)n(CC(O)C(F)(F)F)c2=O)n1)N1CCCOCC1. The van der Waals surface area contributed by atoms with Crippen LogP contribution in [0.15, 0.2) is 59.7 Å². The summed E-state index contributed by atoms with van der Waals surface area (Å²) in [5.41, 5.74) is 0.297. The van der Waals surface area contributed by atoms with Gasteiger partial charge in [-0.05, 0) is 42.8 Å². The molecule has 1 aliphatic rings. The van der Waals surface area contributed by atoms with Gasteiger partial charge < -0.3 is 14.7 Å². The zero-order valence-electron chi connectivity index (χ0n) is 21.5. The highest BCUT2D eigenvalue weighted by Gasteiger charge is 2.39. The van der Waals surface area contributed by atoms with E-state index in [9.17, 15) is 27.9 Å². The Kier molecular flexibility index (Phi) is 8.24. The molecular weight excluding hydrogens is 567 g/mol. The van der Waals surface area contributed by atoms with Gasteiger partial charge in [0.25, 0.3) is 5.91 Å². The van der Waals surface area contributed by atoms with Crippen LogP contribution in [0.3, 0.4) is 0 Å². The third-order valence-electron chi connectivity index (χ3n) is 6.48. The van der Waals surface area contributed by atoms with Crippen LogP contribution in [-0.2, 0) is 17.8 Å². The molecule has 1 amide bonds. The number of aliphatic hydroxyl groups is 1. The molecule has 4 aromatic rings. The number of rotatable bonds is 7. The van der Waals surface area contributed by atoms with Crippen molar-refractivity contribution in [2.75, 3.05) is 26.3 Å². The molecule has 1 saturated heterocycles. The molecular formula is C26H25ClF3N7O4. The van der Waals surface area contributed by atoms with E-state index in [0.717, 1.165) is 15.7 Å². The molecule has 0 saturated carbocycles. The fourth-order valence-corrected chi connectivity index (χ4v) is 4.52. The number of amides is 1. The van der Waals surface area contributed by atoms with E-state index in [4.69, 9.17) is 16.3 Å². The number of ether oxygens (including phenoxy) is 1. The normalized spacial score (nSPS) is 15.1. The van der Waals surface area contributed by atoms with Crippen molar-refractivity contribution in [2.45, 2.75) is 31.8 Å². The molecule has 0 spiro atoms. The zero-order chi connectivity index (χ0) is 29.1. The number of hydrogen-bond donors (Lipinski definition) is 1. The molecule has 5 rings (SSSR count). The van der Waals surface area contributed by atoms with E-state index in [2.05, 4.69) is 15.2 Å². The van der Waals surface area contributed by atoms with Crippen molar-refractivity contribution >= 4 is 17.5 Å². The van der Waals surface area contributed by atoms with Crippen molar-refractivity contribution in [3.05, 3.63) is 81.8 Å². The van der Waals surface area contributed by atoms with Crippen LogP contribution in [0.25, 0.3) is 17.1 Å². The molecule has 1 aliphatic heterocycles. The number of halogens is 4. The van der Waals surface area contributed by atoms with Gasteiger partial charge in [-0.3, -0.25) is 9.36 Å². The number of hydrogen-bond acceptors (Lipinski definition) is 7. The Morgan fingerprint density at radius 2 is 1.83 bits per heavy atom. The molecule has 41 heavy (non-hydrogen) atoms. The smallest absolute Gasteiger partial charge is 0.382 e. The van der Waals surface area contributed by atoms with Crippen molar-refractivity contribution in [3.8, 4) is 17.1 Å². The summed E-state index contributed by atoms with van der Waals surface area (Å²) in [5.74, 6) is -0.151. The van der Waals surface area contributed by atoms with E-state index in [-0.39, 0.29) is 24.1 Å². The van der Waals surface area contributed by atoms with Gasteiger partial charge in [-0.2, -0.15) is 13.2 Å². The Bertz CT molecular complexity index is 1570. The quantitative estimate of drug-likeness (QED) is 0.351. The number of aromatic nitrogens is 6. The van der Waals surface area contributed by atoms with Gasteiger partial charge in [0.05, 0.1) is 24.4 Å². The summed E-state index contributed by atoms with van der Waals surface area (Å²) in [6.45, 7) is 0.712. The summed E-state index contributed by atoms with van der Waals surface area (Å²) < 4.78 is 47.9. The van der Waals surface area contributed by atoms with Gasteiger partial charge in [0.2, 0.25) is 0 Å². The third-order valence-corrected chi connectivity index (χ3v) is 6.73. The Morgan fingerprint density at radius 3 is 2.59 bits per heavy atom. The second-order valence-corrected chi connectivity index (χ2v) is 9.76. The fraction of sp³-hybridized carbons (Fsp3) is 0.346. The second kappa shape index (κ2) is 11.8. The van der Waals surface area contributed by atoms with E-state index in [1.54, 1.807) is 29.2 Å². The van der Waals surface area contributed by atoms with Crippen molar-refractivity contribution in [1.82, 2.24) is 34.0 Å². The molecule has 1 fully saturated rings. The lowest BCUT2D eigenvalue weighted by Crippen LogP contribution is -2.37. The topological polar surface area (TPSA) is 120 Å². The average molecular weight is 592 g/mol. The maximum atomic E-state index is 13.3. The maximum absolute atomic E-state index is 13.3. The van der Waals surface area contributed by atoms with E-state index < -0.39 is 24.5 Å². The lowest BCUT2D eigenvalue weighted by atomic mass is 10.1. The van der Waals surface area contributed by atoms with Crippen LogP contribution < -0.4 is 5.69 Å². The molecule has 0 radical (unpaired) electrons. The zero-order valence-corrected chi connectivity index (χ0v) is 22.3. The predicted molar refractivity (Wildman–Crippen MR) is 141 cm³/mol. The first-order chi connectivity index (χ1) is 19.6. The van der Waals surface area contributed by atoms with Crippen LogP contribution in [-0.4, -0.2) is 83.6 Å². The number of carbonyl (C=O) groups excluding carboxylic acids is 1. The number of carbonyl (C=O) groups is 1. The van der Waals surface area contributed by atoms with Crippen molar-refractivity contribution in [3.63, 3.8) is 0 Å². The minimum atomic E-state index is -4.94. The minimum absolute atomic E-state index is 0.0910. The highest BCUT2D eigenvalue weighted by molar-refractivity contribution is 6.30. The fourth-order valence-electron chi connectivity index (χ4n) is 4.39. The van der Waals surface area contributed by atoms with Crippen LogP contribution in [0, 0.1) is 0 Å². The Balaban J connectivity index is 1.45. The lowest BCUT2D eigenvalue weighted by molar-refractivity contribution is -0.207. The lowest BCUT2D eigenvalue weighted by Gasteiger charge is -2.21. The molecule has 1 unspecified atom stereocenters. The summed E-state index contributed by atoms with van der Waals surface area (Å²) in [6, 6.07) is 12.9. The van der Waals surface area contributed by atoms with E-state index in [0.29, 0.717) is 48.1 Å². The highest BCUT2D eigenvalue weighted by atomic mass is 35.5. The van der Waals surface area contributed by atoms with Gasteiger partial charge >= 0.3 is 11.9 Å². The summed E-state index contributed by atoms with van der Waals surface area (Å²) in [5, 5.41) is 18.7. The Hall–Kier alpha value is -4.01. The number of aliphatic hydroxyl groups excluding tert-OH is 1. The van der Waals surface area contributed by atoms with Crippen molar-refractivity contribution in [1.29, 1.82) is 0 Å². The van der Waals surface area contributed by atoms with Gasteiger partial charge in [-0.25, -0.2) is 19.1 Å². The van der Waals surface area contributed by atoms with Crippen molar-refractivity contribution in [2.24, 2.45) is 0 Å². The monoisotopic (exact) mass is 591 g/mol. The molecule has 15 heteroatoms. The first-order valence-electron chi connectivity index (χ1n) is 12.7.